The smallest absolute Gasteiger partial charge is 0.327 e. The number of hydrogen-bond donors (Lipinski definition) is 3. The Bertz CT molecular complexity index is 1190. The van der Waals surface area contributed by atoms with Gasteiger partial charge in [-0.15, -0.1) is 12.6 Å². The molecule has 0 bridgehead atoms. The molecule has 3 aromatic heterocycles. The van der Waals surface area contributed by atoms with E-state index in [9.17, 15) is 9.90 Å². The van der Waals surface area contributed by atoms with Crippen LogP contribution in [-0.2, 0) is 0 Å². The Hall–Kier alpha value is -3.11. The van der Waals surface area contributed by atoms with Crippen molar-refractivity contribution in [2.45, 2.75) is 18.2 Å². The second kappa shape index (κ2) is 8.33. The Morgan fingerprint density at radius 3 is 2.67 bits per heavy atom. The average molecular weight is 442 g/mol. The molecule has 0 fully saturated rings. The normalized spacial score (nSPS) is 11.2. The molecule has 30 heavy (non-hydrogen) atoms. The number of aromatic hydroxyl groups is 1. The number of anilines is 2. The number of rotatable bonds is 5. The van der Waals surface area contributed by atoms with Gasteiger partial charge in [0.1, 0.15) is 20.5 Å². The van der Waals surface area contributed by atoms with Gasteiger partial charge in [0, 0.05) is 23.9 Å². The van der Waals surface area contributed by atoms with Crippen molar-refractivity contribution in [3.05, 3.63) is 42.5 Å². The molecule has 3 heterocycles. The number of carbonyl (C=O) groups excluding carboxylic acids is 1. The molecule has 0 aliphatic rings. The topological polar surface area (TPSA) is 104 Å². The van der Waals surface area contributed by atoms with E-state index in [0.29, 0.717) is 28.1 Å². The van der Waals surface area contributed by atoms with Crippen LogP contribution in [0.15, 0.2) is 51.3 Å². The molecule has 0 spiro atoms. The van der Waals surface area contributed by atoms with E-state index in [0.717, 1.165) is 15.9 Å². The van der Waals surface area contributed by atoms with E-state index in [1.54, 1.807) is 35.2 Å². The van der Waals surface area contributed by atoms with Crippen molar-refractivity contribution in [3.8, 4) is 17.2 Å². The number of aromatic nitrogens is 3. The first-order valence-electron chi connectivity index (χ1n) is 9.20. The van der Waals surface area contributed by atoms with Gasteiger partial charge in [0.15, 0.2) is 5.76 Å². The van der Waals surface area contributed by atoms with Crippen LogP contribution < -0.4 is 10.2 Å². The van der Waals surface area contributed by atoms with E-state index >= 15 is 0 Å². The number of urea groups is 1. The number of thiol groups is 1. The molecule has 0 radical (unpaired) electrons. The van der Waals surface area contributed by atoms with E-state index in [1.807, 2.05) is 19.9 Å². The van der Waals surface area contributed by atoms with Crippen molar-refractivity contribution >= 4 is 51.8 Å². The minimum atomic E-state index is -0.281. The van der Waals surface area contributed by atoms with Gasteiger partial charge < -0.3 is 14.9 Å². The van der Waals surface area contributed by atoms with Gasteiger partial charge in [-0.25, -0.2) is 14.8 Å². The molecule has 0 unspecified atom stereocenters. The summed E-state index contributed by atoms with van der Waals surface area (Å²) >= 11 is 5.65. The summed E-state index contributed by atoms with van der Waals surface area (Å²) in [6.45, 7) is 4.59. The maximum Gasteiger partial charge on any atom is 0.327 e. The van der Waals surface area contributed by atoms with E-state index in [-0.39, 0.29) is 17.8 Å². The summed E-state index contributed by atoms with van der Waals surface area (Å²) in [5.41, 5.74) is 2.12. The highest BCUT2D eigenvalue weighted by Gasteiger charge is 2.20. The standard InChI is InChI=1S/C20H19N5O3S2/c1-11(2)10-25(16-8-7-14-18(23-16)30-20(29)22-14)19(27)21-13-5-3-12(4-6-13)15-9-17(26)24-28-15/h3-9,11H,10H2,1-2H3,(H,21,27)(H,22,29)(H,24,26). The highest BCUT2D eigenvalue weighted by molar-refractivity contribution is 7.82. The minimum absolute atomic E-state index is 0.179. The lowest BCUT2D eigenvalue weighted by Gasteiger charge is -2.24. The number of hydrogen-bond acceptors (Lipinski definition) is 8. The third kappa shape index (κ3) is 4.39. The van der Waals surface area contributed by atoms with Crippen molar-refractivity contribution in [2.24, 2.45) is 5.92 Å². The van der Waals surface area contributed by atoms with Gasteiger partial charge in [0.2, 0.25) is 0 Å². The first-order valence-corrected chi connectivity index (χ1v) is 10.5. The lowest BCUT2D eigenvalue weighted by Crippen LogP contribution is -2.38. The monoisotopic (exact) mass is 441 g/mol. The second-order valence-corrected chi connectivity index (χ2v) is 8.76. The molecule has 4 aromatic rings. The fraction of sp³-hybridized carbons (Fsp3) is 0.200. The molecule has 0 saturated carbocycles. The summed E-state index contributed by atoms with van der Waals surface area (Å²) in [4.78, 5) is 24.3. The second-order valence-electron chi connectivity index (χ2n) is 7.05. The van der Waals surface area contributed by atoms with Crippen molar-refractivity contribution in [3.63, 3.8) is 0 Å². The molecule has 0 atom stereocenters. The van der Waals surface area contributed by atoms with E-state index in [2.05, 4.69) is 33.1 Å². The summed E-state index contributed by atoms with van der Waals surface area (Å²) < 4.78 is 5.67. The van der Waals surface area contributed by atoms with Crippen LogP contribution in [0.1, 0.15) is 13.8 Å². The Morgan fingerprint density at radius 1 is 1.23 bits per heavy atom. The van der Waals surface area contributed by atoms with Crippen molar-refractivity contribution in [1.29, 1.82) is 0 Å². The minimum Gasteiger partial charge on any atom is -0.491 e. The van der Waals surface area contributed by atoms with Crippen LogP contribution in [0, 0.1) is 5.92 Å². The summed E-state index contributed by atoms with van der Waals surface area (Å²) in [6, 6.07) is 11.8. The molecule has 2 N–H and O–H groups in total. The first kappa shape index (κ1) is 20.2. The van der Waals surface area contributed by atoms with Gasteiger partial charge in [-0.05, 0) is 47.5 Å². The van der Waals surface area contributed by atoms with E-state index in [1.165, 1.54) is 17.4 Å². The van der Waals surface area contributed by atoms with Crippen LogP contribution in [-0.4, -0.2) is 32.8 Å². The SMILES string of the molecule is CC(C)CN(C(=O)Nc1ccc(-c2cc(O)no2)cc1)c1ccc2nc(S)sc2n1. The molecule has 0 saturated heterocycles. The zero-order valence-corrected chi connectivity index (χ0v) is 17.9. The number of nitrogens with zero attached hydrogens (tertiary/aromatic N) is 4. The Labute approximate surface area is 182 Å². The largest absolute Gasteiger partial charge is 0.491 e. The van der Waals surface area contributed by atoms with Crippen molar-refractivity contribution < 1.29 is 14.4 Å². The molecule has 1 aromatic carbocycles. The molecule has 4 rings (SSSR count). The summed E-state index contributed by atoms with van der Waals surface area (Å²) in [5, 5.41) is 15.7. The lowest BCUT2D eigenvalue weighted by atomic mass is 10.1. The number of nitrogens with one attached hydrogen (secondary N) is 1. The zero-order valence-electron chi connectivity index (χ0n) is 16.2. The predicted octanol–water partition coefficient (Wildman–Crippen LogP) is 5.04. The van der Waals surface area contributed by atoms with Crippen LogP contribution in [0.3, 0.4) is 0 Å². The molecular weight excluding hydrogens is 422 g/mol. The van der Waals surface area contributed by atoms with Crippen LogP contribution in [0.5, 0.6) is 5.88 Å². The van der Waals surface area contributed by atoms with Gasteiger partial charge in [0.05, 0.1) is 0 Å². The quantitative estimate of drug-likeness (QED) is 0.375. The molecular formula is C20H19N5O3S2. The maximum atomic E-state index is 13.0. The van der Waals surface area contributed by atoms with E-state index < -0.39 is 0 Å². The highest BCUT2D eigenvalue weighted by atomic mass is 32.2. The van der Waals surface area contributed by atoms with Gasteiger partial charge in [0.25, 0.3) is 5.88 Å². The Morgan fingerprint density at radius 2 is 2.00 bits per heavy atom. The lowest BCUT2D eigenvalue weighted by molar-refractivity contribution is 0.256. The molecule has 0 aliphatic carbocycles. The molecule has 0 aliphatic heterocycles. The van der Waals surface area contributed by atoms with Crippen LogP contribution in [0.2, 0.25) is 0 Å². The van der Waals surface area contributed by atoms with Crippen LogP contribution >= 0.6 is 24.0 Å². The van der Waals surface area contributed by atoms with Gasteiger partial charge in [-0.1, -0.05) is 25.2 Å². The number of thiazole rings is 1. The number of benzene rings is 1. The predicted molar refractivity (Wildman–Crippen MR) is 119 cm³/mol. The maximum absolute atomic E-state index is 13.0. The summed E-state index contributed by atoms with van der Waals surface area (Å²) in [6.07, 6.45) is 0. The third-order valence-electron chi connectivity index (χ3n) is 4.22. The number of pyridine rings is 1. The average Bonchev–Trinajstić information content (AvgIpc) is 3.30. The van der Waals surface area contributed by atoms with E-state index in [4.69, 9.17) is 4.52 Å². The zero-order chi connectivity index (χ0) is 21.3. The third-order valence-corrected chi connectivity index (χ3v) is 5.36. The number of amides is 2. The number of fused-ring (bicyclic) bond motifs is 1. The Kier molecular flexibility index (Phi) is 5.60. The summed E-state index contributed by atoms with van der Waals surface area (Å²) in [7, 11) is 0. The summed E-state index contributed by atoms with van der Waals surface area (Å²) in [5.74, 6) is 1.07. The molecule has 154 valence electrons. The number of carbonyl (C=O) groups is 1. The fourth-order valence-corrected chi connectivity index (χ4v) is 3.94. The first-order chi connectivity index (χ1) is 14.4. The highest BCUT2D eigenvalue weighted by Crippen LogP contribution is 2.27. The van der Waals surface area contributed by atoms with Gasteiger partial charge >= 0.3 is 6.03 Å². The van der Waals surface area contributed by atoms with Crippen molar-refractivity contribution in [2.75, 3.05) is 16.8 Å². The molecule has 2 amide bonds. The van der Waals surface area contributed by atoms with Crippen molar-refractivity contribution in [1.82, 2.24) is 15.1 Å². The van der Waals surface area contributed by atoms with Crippen LogP contribution in [0.4, 0.5) is 16.3 Å². The van der Waals surface area contributed by atoms with Gasteiger partial charge in [-0.3, -0.25) is 4.90 Å². The fourth-order valence-electron chi connectivity index (χ4n) is 2.90. The Balaban J connectivity index is 1.55. The van der Waals surface area contributed by atoms with Gasteiger partial charge in [-0.2, -0.15) is 0 Å². The molecule has 8 nitrogen and oxygen atoms in total. The molecule has 10 heteroatoms. The van der Waals surface area contributed by atoms with Crippen LogP contribution in [0.25, 0.3) is 21.7 Å².